The van der Waals surface area contributed by atoms with Crippen molar-refractivity contribution >= 4 is 5.91 Å². The molecule has 0 aromatic heterocycles. The molecule has 0 spiro atoms. The van der Waals surface area contributed by atoms with Crippen LogP contribution in [0, 0.1) is 5.41 Å². The first kappa shape index (κ1) is 12.5. The third-order valence-corrected chi connectivity index (χ3v) is 3.72. The molecule has 1 aliphatic carbocycles. The van der Waals surface area contributed by atoms with Crippen molar-refractivity contribution in [3.63, 3.8) is 0 Å². The third kappa shape index (κ3) is 2.71. The van der Waals surface area contributed by atoms with Crippen LogP contribution in [0.5, 0.6) is 0 Å². The van der Waals surface area contributed by atoms with E-state index in [-0.39, 0.29) is 24.0 Å². The van der Waals surface area contributed by atoms with Gasteiger partial charge >= 0.3 is 0 Å². The molecule has 1 amide bonds. The Morgan fingerprint density at radius 2 is 1.93 bits per heavy atom. The molecule has 0 aromatic carbocycles. The second kappa shape index (κ2) is 4.97. The largest absolute Gasteiger partial charge is 0.394 e. The SMILES string of the molecule is CC(CO)N(C)C(=O)C1(C)CCCCC1. The highest BCUT2D eigenvalue weighted by Gasteiger charge is 2.37. The first-order chi connectivity index (χ1) is 7.01. The normalized spacial score (nSPS) is 22.1. The van der Waals surface area contributed by atoms with Crippen molar-refractivity contribution in [1.82, 2.24) is 4.90 Å². The van der Waals surface area contributed by atoms with Crippen molar-refractivity contribution in [2.24, 2.45) is 5.41 Å². The summed E-state index contributed by atoms with van der Waals surface area (Å²) >= 11 is 0. The van der Waals surface area contributed by atoms with Gasteiger partial charge in [-0.15, -0.1) is 0 Å². The molecule has 88 valence electrons. The van der Waals surface area contributed by atoms with E-state index in [1.807, 2.05) is 6.92 Å². The minimum atomic E-state index is -0.184. The fourth-order valence-electron chi connectivity index (χ4n) is 2.29. The Bertz CT molecular complexity index is 222. The summed E-state index contributed by atoms with van der Waals surface area (Å²) in [5.41, 5.74) is -0.184. The smallest absolute Gasteiger partial charge is 0.228 e. The van der Waals surface area contributed by atoms with E-state index in [1.165, 1.54) is 6.42 Å². The van der Waals surface area contributed by atoms with Gasteiger partial charge in [0.25, 0.3) is 0 Å². The van der Waals surface area contributed by atoms with Crippen LogP contribution in [0.1, 0.15) is 46.0 Å². The molecule has 0 radical (unpaired) electrons. The number of carbonyl (C=O) groups excluding carboxylic acids is 1. The Labute approximate surface area is 92.5 Å². The van der Waals surface area contributed by atoms with Gasteiger partial charge in [0.1, 0.15) is 0 Å². The van der Waals surface area contributed by atoms with Crippen LogP contribution in [-0.4, -0.2) is 35.6 Å². The minimum Gasteiger partial charge on any atom is -0.394 e. The average Bonchev–Trinajstić information content (AvgIpc) is 2.27. The molecule has 0 saturated heterocycles. The standard InChI is InChI=1S/C12H23NO2/c1-10(9-14)13(3)11(15)12(2)7-5-4-6-8-12/h10,14H,4-9H2,1-3H3. The summed E-state index contributed by atoms with van der Waals surface area (Å²) < 4.78 is 0. The highest BCUT2D eigenvalue weighted by Crippen LogP contribution is 2.37. The molecule has 0 aliphatic heterocycles. The highest BCUT2D eigenvalue weighted by atomic mass is 16.3. The van der Waals surface area contributed by atoms with E-state index in [0.29, 0.717) is 0 Å². The number of nitrogens with zero attached hydrogens (tertiary/aromatic N) is 1. The van der Waals surface area contributed by atoms with Crippen molar-refractivity contribution in [3.8, 4) is 0 Å². The molecule has 1 aliphatic rings. The maximum Gasteiger partial charge on any atom is 0.228 e. The molecule has 0 bridgehead atoms. The monoisotopic (exact) mass is 213 g/mol. The van der Waals surface area contributed by atoms with Gasteiger partial charge in [-0.3, -0.25) is 4.79 Å². The molecule has 1 unspecified atom stereocenters. The van der Waals surface area contributed by atoms with E-state index < -0.39 is 0 Å². The van der Waals surface area contributed by atoms with Crippen LogP contribution >= 0.6 is 0 Å². The van der Waals surface area contributed by atoms with Gasteiger partial charge in [-0.1, -0.05) is 26.2 Å². The number of likely N-dealkylation sites (N-methyl/N-ethyl adjacent to an activating group) is 1. The van der Waals surface area contributed by atoms with Crippen LogP contribution < -0.4 is 0 Å². The second-order valence-electron chi connectivity index (χ2n) is 5.07. The fourth-order valence-corrected chi connectivity index (χ4v) is 2.29. The zero-order valence-electron chi connectivity index (χ0n) is 10.1. The van der Waals surface area contributed by atoms with Crippen LogP contribution in [0.3, 0.4) is 0 Å². The van der Waals surface area contributed by atoms with Gasteiger partial charge in [-0.05, 0) is 19.8 Å². The van der Waals surface area contributed by atoms with Crippen molar-refractivity contribution in [3.05, 3.63) is 0 Å². The average molecular weight is 213 g/mol. The fraction of sp³-hybridized carbons (Fsp3) is 0.917. The van der Waals surface area contributed by atoms with E-state index >= 15 is 0 Å². The molecule has 15 heavy (non-hydrogen) atoms. The van der Waals surface area contributed by atoms with Gasteiger partial charge in [0, 0.05) is 12.5 Å². The van der Waals surface area contributed by atoms with Crippen LogP contribution in [0.4, 0.5) is 0 Å². The van der Waals surface area contributed by atoms with Gasteiger partial charge < -0.3 is 10.0 Å². The summed E-state index contributed by atoms with van der Waals surface area (Å²) in [6.07, 6.45) is 5.55. The van der Waals surface area contributed by atoms with Crippen LogP contribution in [0.15, 0.2) is 0 Å². The number of hydrogen-bond donors (Lipinski definition) is 1. The van der Waals surface area contributed by atoms with E-state index in [2.05, 4.69) is 6.92 Å². The van der Waals surface area contributed by atoms with Gasteiger partial charge in [-0.25, -0.2) is 0 Å². The van der Waals surface area contributed by atoms with E-state index in [9.17, 15) is 4.79 Å². The maximum absolute atomic E-state index is 12.2. The lowest BCUT2D eigenvalue weighted by molar-refractivity contribution is -0.144. The molecule has 1 atom stereocenters. The Balaban J connectivity index is 2.65. The van der Waals surface area contributed by atoms with E-state index in [1.54, 1.807) is 11.9 Å². The quantitative estimate of drug-likeness (QED) is 0.776. The predicted molar refractivity (Wildman–Crippen MR) is 60.5 cm³/mol. The first-order valence-corrected chi connectivity index (χ1v) is 5.89. The van der Waals surface area contributed by atoms with E-state index in [0.717, 1.165) is 25.7 Å². The summed E-state index contributed by atoms with van der Waals surface area (Å²) in [4.78, 5) is 13.9. The third-order valence-electron chi connectivity index (χ3n) is 3.72. The van der Waals surface area contributed by atoms with Crippen LogP contribution in [0.25, 0.3) is 0 Å². The molecule has 3 heteroatoms. The molecular weight excluding hydrogens is 190 g/mol. The summed E-state index contributed by atoms with van der Waals surface area (Å²) in [6.45, 7) is 3.98. The molecule has 0 heterocycles. The lowest BCUT2D eigenvalue weighted by Crippen LogP contribution is -2.46. The zero-order chi connectivity index (χ0) is 11.5. The number of aliphatic hydroxyl groups excluding tert-OH is 1. The summed E-state index contributed by atoms with van der Waals surface area (Å²) in [6, 6.07) is -0.0729. The molecule has 1 N–H and O–H groups in total. The zero-order valence-corrected chi connectivity index (χ0v) is 10.1. The molecule has 0 aromatic rings. The lowest BCUT2D eigenvalue weighted by atomic mass is 9.74. The number of aliphatic hydroxyl groups is 1. The van der Waals surface area contributed by atoms with Gasteiger partial charge in [0.05, 0.1) is 12.6 Å². The van der Waals surface area contributed by atoms with Crippen molar-refractivity contribution in [2.45, 2.75) is 52.0 Å². The summed E-state index contributed by atoms with van der Waals surface area (Å²) in [5.74, 6) is 0.198. The van der Waals surface area contributed by atoms with Gasteiger partial charge in [-0.2, -0.15) is 0 Å². The number of carbonyl (C=O) groups is 1. The first-order valence-electron chi connectivity index (χ1n) is 5.89. The van der Waals surface area contributed by atoms with Crippen molar-refractivity contribution < 1.29 is 9.90 Å². The number of hydrogen-bond acceptors (Lipinski definition) is 2. The molecule has 1 fully saturated rings. The molecule has 1 saturated carbocycles. The Hall–Kier alpha value is -0.570. The summed E-state index contributed by atoms with van der Waals surface area (Å²) in [5, 5.41) is 9.04. The number of amides is 1. The Morgan fingerprint density at radius 3 is 2.40 bits per heavy atom. The minimum absolute atomic E-state index is 0.0400. The van der Waals surface area contributed by atoms with Crippen LogP contribution in [0.2, 0.25) is 0 Å². The second-order valence-corrected chi connectivity index (χ2v) is 5.07. The molecule has 3 nitrogen and oxygen atoms in total. The molecular formula is C12H23NO2. The predicted octanol–water partition coefficient (Wildman–Crippen LogP) is 1.80. The molecule has 1 rings (SSSR count). The maximum atomic E-state index is 12.2. The van der Waals surface area contributed by atoms with E-state index in [4.69, 9.17) is 5.11 Å². The van der Waals surface area contributed by atoms with Crippen molar-refractivity contribution in [1.29, 1.82) is 0 Å². The number of rotatable bonds is 3. The highest BCUT2D eigenvalue weighted by molar-refractivity contribution is 5.82. The topological polar surface area (TPSA) is 40.5 Å². The van der Waals surface area contributed by atoms with Gasteiger partial charge in [0.2, 0.25) is 5.91 Å². The lowest BCUT2D eigenvalue weighted by Gasteiger charge is -2.37. The van der Waals surface area contributed by atoms with Crippen LogP contribution in [-0.2, 0) is 4.79 Å². The Morgan fingerprint density at radius 1 is 1.40 bits per heavy atom. The summed E-state index contributed by atoms with van der Waals surface area (Å²) in [7, 11) is 1.79. The van der Waals surface area contributed by atoms with Gasteiger partial charge in [0.15, 0.2) is 0 Å². The van der Waals surface area contributed by atoms with Crippen molar-refractivity contribution in [2.75, 3.05) is 13.7 Å². The Kier molecular flexibility index (Phi) is 4.14.